The zero-order valence-electron chi connectivity index (χ0n) is 4.05. The van der Waals surface area contributed by atoms with Gasteiger partial charge < -0.3 is 5.73 Å². The van der Waals surface area contributed by atoms with E-state index < -0.39 is 0 Å². The van der Waals surface area contributed by atoms with Crippen molar-refractivity contribution in [3.05, 3.63) is 6.42 Å². The molecule has 1 fully saturated rings. The third-order valence-electron chi connectivity index (χ3n) is 1.30. The maximum absolute atomic E-state index is 10.2. The predicted octanol–water partition coefficient (Wildman–Crippen LogP) is 0.0860. The first-order valence-corrected chi connectivity index (χ1v) is 2.41. The summed E-state index contributed by atoms with van der Waals surface area (Å²) in [5.41, 5.74) is 4.94. The standard InChI is InChI=1S/C5H8NO/c6-5(7)4-2-1-3-4/h1,4H,2-3H2,(H2,6,7). The predicted molar refractivity (Wildman–Crippen MR) is 26.2 cm³/mol. The summed E-state index contributed by atoms with van der Waals surface area (Å²) in [6.07, 6.45) is 3.86. The average molecular weight is 98.1 g/mol. The summed E-state index contributed by atoms with van der Waals surface area (Å²) in [7, 11) is 0. The molecule has 0 unspecified atom stereocenters. The number of nitrogens with two attached hydrogens (primary N) is 1. The fourth-order valence-electron chi connectivity index (χ4n) is 0.566. The lowest BCUT2D eigenvalue weighted by Gasteiger charge is -2.20. The average Bonchev–Trinajstić information content (AvgIpc) is 1.23. The van der Waals surface area contributed by atoms with Crippen LogP contribution in [0, 0.1) is 12.3 Å². The van der Waals surface area contributed by atoms with Crippen LogP contribution in [0.1, 0.15) is 12.8 Å². The van der Waals surface area contributed by atoms with Crippen molar-refractivity contribution >= 4 is 5.91 Å². The van der Waals surface area contributed by atoms with E-state index in [4.69, 9.17) is 5.73 Å². The van der Waals surface area contributed by atoms with Gasteiger partial charge in [-0.1, -0.05) is 0 Å². The van der Waals surface area contributed by atoms with Crippen molar-refractivity contribution in [2.75, 3.05) is 0 Å². The molecule has 1 aliphatic carbocycles. The Hall–Kier alpha value is -0.530. The highest BCUT2D eigenvalue weighted by Crippen LogP contribution is 2.23. The Morgan fingerprint density at radius 1 is 1.71 bits per heavy atom. The van der Waals surface area contributed by atoms with Crippen LogP contribution in [0.3, 0.4) is 0 Å². The van der Waals surface area contributed by atoms with Crippen molar-refractivity contribution in [3.8, 4) is 0 Å². The number of primary amides is 1. The Balaban J connectivity index is 2.27. The lowest BCUT2D eigenvalue weighted by Crippen LogP contribution is -2.28. The minimum absolute atomic E-state index is 0.150. The normalized spacial score (nSPS) is 21.1. The highest BCUT2D eigenvalue weighted by atomic mass is 16.1. The molecule has 0 bridgehead atoms. The molecule has 2 nitrogen and oxygen atoms in total. The molecule has 0 spiro atoms. The molecule has 0 heterocycles. The van der Waals surface area contributed by atoms with Gasteiger partial charge >= 0.3 is 0 Å². The molecule has 0 saturated heterocycles. The van der Waals surface area contributed by atoms with Crippen LogP contribution >= 0.6 is 0 Å². The Kier molecular flexibility index (Phi) is 1.01. The first kappa shape index (κ1) is 4.62. The van der Waals surface area contributed by atoms with E-state index in [2.05, 4.69) is 6.42 Å². The van der Waals surface area contributed by atoms with Gasteiger partial charge in [0.05, 0.1) is 0 Å². The van der Waals surface area contributed by atoms with Crippen LogP contribution in [-0.2, 0) is 4.79 Å². The van der Waals surface area contributed by atoms with E-state index in [0.717, 1.165) is 12.8 Å². The Bertz CT molecular complexity index is 86.1. The molecule has 2 heteroatoms. The molecular weight excluding hydrogens is 90.1 g/mol. The third kappa shape index (κ3) is 0.734. The largest absolute Gasteiger partial charge is 0.369 e. The van der Waals surface area contributed by atoms with Gasteiger partial charge in [-0.05, 0) is 19.3 Å². The van der Waals surface area contributed by atoms with Crippen molar-refractivity contribution in [2.45, 2.75) is 12.8 Å². The smallest absolute Gasteiger partial charge is 0.220 e. The summed E-state index contributed by atoms with van der Waals surface area (Å²) >= 11 is 0. The van der Waals surface area contributed by atoms with Crippen molar-refractivity contribution in [1.29, 1.82) is 0 Å². The topological polar surface area (TPSA) is 43.1 Å². The van der Waals surface area contributed by atoms with E-state index in [1.54, 1.807) is 0 Å². The van der Waals surface area contributed by atoms with Gasteiger partial charge in [0.25, 0.3) is 0 Å². The van der Waals surface area contributed by atoms with Crippen LogP contribution in [0.2, 0.25) is 0 Å². The molecule has 1 saturated carbocycles. The van der Waals surface area contributed by atoms with Crippen LogP contribution < -0.4 is 5.73 Å². The van der Waals surface area contributed by atoms with E-state index in [1.807, 2.05) is 0 Å². The first-order valence-electron chi connectivity index (χ1n) is 2.41. The molecule has 0 aromatic rings. The molecule has 0 aromatic carbocycles. The van der Waals surface area contributed by atoms with Crippen molar-refractivity contribution < 1.29 is 4.79 Å². The number of hydrogen-bond donors (Lipinski definition) is 1. The van der Waals surface area contributed by atoms with Crippen LogP contribution in [0.15, 0.2) is 0 Å². The fourth-order valence-corrected chi connectivity index (χ4v) is 0.566. The zero-order valence-corrected chi connectivity index (χ0v) is 4.05. The molecule has 1 amide bonds. The maximum atomic E-state index is 10.2. The molecule has 1 aliphatic rings. The van der Waals surface area contributed by atoms with Crippen LogP contribution in [0.25, 0.3) is 0 Å². The molecule has 7 heavy (non-hydrogen) atoms. The van der Waals surface area contributed by atoms with E-state index >= 15 is 0 Å². The second-order valence-corrected chi connectivity index (χ2v) is 1.86. The van der Waals surface area contributed by atoms with Crippen molar-refractivity contribution in [3.63, 3.8) is 0 Å². The molecule has 39 valence electrons. The molecule has 0 aliphatic heterocycles. The lowest BCUT2D eigenvalue weighted by molar-refractivity contribution is -0.122. The molecule has 2 N–H and O–H groups in total. The quantitative estimate of drug-likeness (QED) is 0.496. The first-order chi connectivity index (χ1) is 3.30. The van der Waals surface area contributed by atoms with Gasteiger partial charge in [-0.25, -0.2) is 0 Å². The van der Waals surface area contributed by atoms with Crippen LogP contribution in [0.4, 0.5) is 0 Å². The highest BCUT2D eigenvalue weighted by Gasteiger charge is 2.22. The van der Waals surface area contributed by atoms with E-state index in [9.17, 15) is 4.79 Å². The summed E-state index contributed by atoms with van der Waals surface area (Å²) in [4.78, 5) is 10.2. The summed E-state index contributed by atoms with van der Waals surface area (Å²) in [6, 6.07) is 0. The summed E-state index contributed by atoms with van der Waals surface area (Å²) in [5.74, 6) is 0.0162. The molecule has 1 rings (SSSR count). The minimum Gasteiger partial charge on any atom is -0.369 e. The Morgan fingerprint density at radius 3 is 2.29 bits per heavy atom. The summed E-state index contributed by atoms with van der Waals surface area (Å²) in [6.45, 7) is 0. The minimum atomic E-state index is -0.150. The lowest BCUT2D eigenvalue weighted by atomic mass is 9.85. The van der Waals surface area contributed by atoms with Gasteiger partial charge in [0.15, 0.2) is 0 Å². The Morgan fingerprint density at radius 2 is 2.29 bits per heavy atom. The van der Waals surface area contributed by atoms with Crippen LogP contribution in [0.5, 0.6) is 0 Å². The van der Waals surface area contributed by atoms with E-state index in [1.165, 1.54) is 0 Å². The molecule has 0 atom stereocenters. The van der Waals surface area contributed by atoms with Gasteiger partial charge in [0, 0.05) is 5.92 Å². The summed E-state index contributed by atoms with van der Waals surface area (Å²) < 4.78 is 0. The zero-order chi connectivity index (χ0) is 5.28. The van der Waals surface area contributed by atoms with Gasteiger partial charge in [-0.3, -0.25) is 4.79 Å². The van der Waals surface area contributed by atoms with Gasteiger partial charge in [-0.2, -0.15) is 0 Å². The number of rotatable bonds is 1. The number of amides is 1. The molecule has 0 aromatic heterocycles. The number of carbonyl (C=O) groups is 1. The fraction of sp³-hybridized carbons (Fsp3) is 0.600. The molecular formula is C5H8NO. The SMILES string of the molecule is NC(=O)C1C[CH]C1. The third-order valence-corrected chi connectivity index (χ3v) is 1.30. The maximum Gasteiger partial charge on any atom is 0.220 e. The van der Waals surface area contributed by atoms with E-state index in [-0.39, 0.29) is 11.8 Å². The highest BCUT2D eigenvalue weighted by molar-refractivity contribution is 5.77. The summed E-state index contributed by atoms with van der Waals surface area (Å²) in [5, 5.41) is 0. The van der Waals surface area contributed by atoms with Crippen molar-refractivity contribution in [2.24, 2.45) is 11.7 Å². The monoisotopic (exact) mass is 98.1 g/mol. The van der Waals surface area contributed by atoms with Gasteiger partial charge in [0.2, 0.25) is 5.91 Å². The molecule has 1 radical (unpaired) electrons. The van der Waals surface area contributed by atoms with Crippen LogP contribution in [-0.4, -0.2) is 5.91 Å². The van der Waals surface area contributed by atoms with Gasteiger partial charge in [0.1, 0.15) is 0 Å². The number of hydrogen-bond acceptors (Lipinski definition) is 1. The number of carbonyl (C=O) groups excluding carboxylic acids is 1. The van der Waals surface area contributed by atoms with Gasteiger partial charge in [-0.15, -0.1) is 0 Å². The second-order valence-electron chi connectivity index (χ2n) is 1.86. The van der Waals surface area contributed by atoms with E-state index in [0.29, 0.717) is 0 Å². The van der Waals surface area contributed by atoms with Crippen molar-refractivity contribution in [1.82, 2.24) is 0 Å². The Labute approximate surface area is 42.7 Å². The second kappa shape index (κ2) is 1.52.